The molecule has 3 aromatic heterocycles. The van der Waals surface area contributed by atoms with Crippen molar-refractivity contribution in [3.05, 3.63) is 54.2 Å². The standard InChI is InChI=1S/C17H15N7O2S/c1-2-27-16-13(14(18)23(21-16)11-7-4-3-5-8-11)17(25)26-24-15-12(20-22-24)9-6-10-19-15/h3-10H,2,18H2,1H3. The number of carbonyl (C=O) groups excluding carboxylic acids is 1. The lowest BCUT2D eigenvalue weighted by molar-refractivity contribution is 0.0402. The number of rotatable bonds is 5. The van der Waals surface area contributed by atoms with Gasteiger partial charge < -0.3 is 10.6 Å². The highest BCUT2D eigenvalue weighted by Gasteiger charge is 2.26. The second kappa shape index (κ2) is 7.08. The van der Waals surface area contributed by atoms with Gasteiger partial charge in [-0.15, -0.1) is 16.9 Å². The van der Waals surface area contributed by atoms with Crippen molar-refractivity contribution in [1.29, 1.82) is 0 Å². The molecule has 9 nitrogen and oxygen atoms in total. The smallest absolute Gasteiger partial charge is 0.372 e. The van der Waals surface area contributed by atoms with E-state index in [1.165, 1.54) is 16.4 Å². The zero-order chi connectivity index (χ0) is 18.8. The Morgan fingerprint density at radius 2 is 2.04 bits per heavy atom. The molecule has 0 atom stereocenters. The molecule has 0 bridgehead atoms. The van der Waals surface area contributed by atoms with Crippen molar-refractivity contribution in [3.8, 4) is 5.69 Å². The van der Waals surface area contributed by atoms with Crippen LogP contribution in [-0.4, -0.2) is 41.6 Å². The Kier molecular flexibility index (Phi) is 4.47. The lowest BCUT2D eigenvalue weighted by Gasteiger charge is -2.05. The lowest BCUT2D eigenvalue weighted by Crippen LogP contribution is -2.22. The summed E-state index contributed by atoms with van der Waals surface area (Å²) >= 11 is 1.40. The first-order chi connectivity index (χ1) is 13.2. The number of hydrogen-bond acceptors (Lipinski definition) is 8. The van der Waals surface area contributed by atoms with Crippen LogP contribution >= 0.6 is 11.8 Å². The highest BCUT2D eigenvalue weighted by Crippen LogP contribution is 2.29. The van der Waals surface area contributed by atoms with Crippen LogP contribution in [0.15, 0.2) is 53.7 Å². The number of thioether (sulfide) groups is 1. The van der Waals surface area contributed by atoms with E-state index in [9.17, 15) is 4.79 Å². The molecule has 0 amide bonds. The third kappa shape index (κ3) is 3.10. The quantitative estimate of drug-likeness (QED) is 0.412. The number of aromatic nitrogens is 6. The van der Waals surface area contributed by atoms with Crippen LogP contribution in [0.25, 0.3) is 16.9 Å². The minimum Gasteiger partial charge on any atom is -0.383 e. The van der Waals surface area contributed by atoms with Crippen LogP contribution in [0.5, 0.6) is 0 Å². The lowest BCUT2D eigenvalue weighted by atomic mass is 10.3. The van der Waals surface area contributed by atoms with Gasteiger partial charge in [0, 0.05) is 6.20 Å². The molecule has 0 fully saturated rings. The SMILES string of the molecule is CCSc1nn(-c2ccccc2)c(N)c1C(=O)On1nnc2cccnc21. The van der Waals surface area contributed by atoms with E-state index in [0.717, 1.165) is 16.3 Å². The molecule has 136 valence electrons. The van der Waals surface area contributed by atoms with Crippen molar-refractivity contribution in [3.63, 3.8) is 0 Å². The predicted octanol–water partition coefficient (Wildman–Crippen LogP) is 1.98. The summed E-state index contributed by atoms with van der Waals surface area (Å²) in [5, 5.41) is 12.7. The van der Waals surface area contributed by atoms with E-state index in [-0.39, 0.29) is 11.4 Å². The minimum atomic E-state index is -0.678. The molecular weight excluding hydrogens is 366 g/mol. The van der Waals surface area contributed by atoms with Crippen LogP contribution < -0.4 is 10.6 Å². The zero-order valence-corrected chi connectivity index (χ0v) is 15.1. The number of hydrogen-bond donors (Lipinski definition) is 1. The van der Waals surface area contributed by atoms with Gasteiger partial charge in [-0.3, -0.25) is 0 Å². The molecule has 3 heterocycles. The van der Waals surface area contributed by atoms with E-state index in [0.29, 0.717) is 16.2 Å². The number of para-hydroxylation sites is 1. The van der Waals surface area contributed by atoms with Crippen LogP contribution in [-0.2, 0) is 0 Å². The zero-order valence-electron chi connectivity index (χ0n) is 14.3. The van der Waals surface area contributed by atoms with Gasteiger partial charge in [-0.25, -0.2) is 14.5 Å². The van der Waals surface area contributed by atoms with Crippen molar-refractivity contribution in [2.75, 3.05) is 11.5 Å². The van der Waals surface area contributed by atoms with E-state index in [2.05, 4.69) is 20.4 Å². The summed E-state index contributed by atoms with van der Waals surface area (Å²) in [6.45, 7) is 1.96. The molecule has 4 aromatic rings. The van der Waals surface area contributed by atoms with Crippen LogP contribution in [0.1, 0.15) is 17.3 Å². The molecule has 4 rings (SSSR count). The number of pyridine rings is 1. The Hall–Kier alpha value is -3.40. The monoisotopic (exact) mass is 381 g/mol. The summed E-state index contributed by atoms with van der Waals surface area (Å²) in [5.41, 5.74) is 8.02. The van der Waals surface area contributed by atoms with Crippen LogP contribution in [0.3, 0.4) is 0 Å². The van der Waals surface area contributed by atoms with Crippen molar-refractivity contribution in [2.24, 2.45) is 0 Å². The normalized spacial score (nSPS) is 11.0. The summed E-state index contributed by atoms with van der Waals surface area (Å²) in [7, 11) is 0. The van der Waals surface area contributed by atoms with Gasteiger partial charge in [0.15, 0.2) is 0 Å². The highest BCUT2D eigenvalue weighted by atomic mass is 32.2. The van der Waals surface area contributed by atoms with Gasteiger partial charge in [-0.1, -0.05) is 25.1 Å². The maximum Gasteiger partial charge on any atom is 0.372 e. The number of nitrogens with two attached hydrogens (primary N) is 1. The molecule has 0 spiro atoms. The second-order valence-electron chi connectivity index (χ2n) is 5.43. The molecule has 0 saturated heterocycles. The number of carbonyl (C=O) groups is 1. The van der Waals surface area contributed by atoms with Gasteiger partial charge in [0.05, 0.1) is 5.69 Å². The molecule has 27 heavy (non-hydrogen) atoms. The van der Waals surface area contributed by atoms with Crippen molar-refractivity contribution < 1.29 is 9.63 Å². The fourth-order valence-corrected chi connectivity index (χ4v) is 3.28. The highest BCUT2D eigenvalue weighted by molar-refractivity contribution is 7.99. The topological polar surface area (TPSA) is 114 Å². The summed E-state index contributed by atoms with van der Waals surface area (Å²) in [5.74, 6) is 0.238. The molecule has 10 heteroatoms. The third-order valence-corrected chi connectivity index (χ3v) is 4.57. The van der Waals surface area contributed by atoms with Crippen molar-refractivity contribution >= 4 is 34.7 Å². The largest absolute Gasteiger partial charge is 0.383 e. The summed E-state index contributed by atoms with van der Waals surface area (Å²) in [6.07, 6.45) is 1.57. The Morgan fingerprint density at radius 1 is 1.22 bits per heavy atom. The third-order valence-electron chi connectivity index (χ3n) is 3.73. The van der Waals surface area contributed by atoms with Crippen LogP contribution in [0, 0.1) is 0 Å². The maximum atomic E-state index is 12.8. The number of nitrogens with zero attached hydrogens (tertiary/aromatic N) is 6. The van der Waals surface area contributed by atoms with E-state index < -0.39 is 5.97 Å². The van der Waals surface area contributed by atoms with Gasteiger partial charge in [0.1, 0.15) is 21.9 Å². The number of anilines is 1. The van der Waals surface area contributed by atoms with Crippen molar-refractivity contribution in [1.82, 2.24) is 29.9 Å². The summed E-state index contributed by atoms with van der Waals surface area (Å²) < 4.78 is 1.52. The van der Waals surface area contributed by atoms with Gasteiger partial charge in [0.25, 0.3) is 0 Å². The number of nitrogen functional groups attached to an aromatic ring is 1. The fraction of sp³-hybridized carbons (Fsp3) is 0.118. The van der Waals surface area contributed by atoms with Gasteiger partial charge in [0.2, 0.25) is 5.65 Å². The first-order valence-corrected chi connectivity index (χ1v) is 9.13. The average Bonchev–Trinajstić information content (AvgIpc) is 3.24. The van der Waals surface area contributed by atoms with E-state index in [1.54, 1.807) is 18.3 Å². The van der Waals surface area contributed by atoms with Gasteiger partial charge >= 0.3 is 5.97 Å². The van der Waals surface area contributed by atoms with Crippen molar-refractivity contribution in [2.45, 2.75) is 11.9 Å². The van der Waals surface area contributed by atoms with E-state index in [1.807, 2.05) is 37.3 Å². The van der Waals surface area contributed by atoms with Gasteiger partial charge in [-0.05, 0) is 40.1 Å². The molecule has 0 aliphatic heterocycles. The maximum absolute atomic E-state index is 12.8. The molecule has 2 N–H and O–H groups in total. The summed E-state index contributed by atoms with van der Waals surface area (Å²) in [6, 6.07) is 12.8. The Labute approximate surface area is 158 Å². The average molecular weight is 381 g/mol. The first-order valence-electron chi connectivity index (χ1n) is 8.15. The predicted molar refractivity (Wildman–Crippen MR) is 101 cm³/mol. The molecule has 1 aromatic carbocycles. The Morgan fingerprint density at radius 3 is 2.81 bits per heavy atom. The van der Waals surface area contributed by atoms with E-state index >= 15 is 0 Å². The number of benzene rings is 1. The fourth-order valence-electron chi connectivity index (χ4n) is 2.54. The molecule has 0 saturated carbocycles. The molecule has 0 aliphatic rings. The minimum absolute atomic E-state index is 0.185. The molecular formula is C17H15N7O2S. The Bertz CT molecular complexity index is 1110. The molecule has 0 unspecified atom stereocenters. The number of fused-ring (bicyclic) bond motifs is 1. The Balaban J connectivity index is 1.73. The molecule has 0 aliphatic carbocycles. The first kappa shape index (κ1) is 17.0. The summed E-state index contributed by atoms with van der Waals surface area (Å²) in [4.78, 5) is 23.3. The second-order valence-corrected chi connectivity index (χ2v) is 6.69. The van der Waals surface area contributed by atoms with E-state index in [4.69, 9.17) is 10.6 Å². The van der Waals surface area contributed by atoms with Crippen LogP contribution in [0.2, 0.25) is 0 Å². The van der Waals surface area contributed by atoms with Gasteiger partial charge in [-0.2, -0.15) is 5.10 Å². The molecule has 0 radical (unpaired) electrons. The van der Waals surface area contributed by atoms with Crippen LogP contribution in [0.4, 0.5) is 5.82 Å².